The number of hydrogen-bond donors (Lipinski definition) is 0. The van der Waals surface area contributed by atoms with Gasteiger partial charge in [-0.25, -0.2) is 19.6 Å². The van der Waals surface area contributed by atoms with Crippen LogP contribution in [-0.4, -0.2) is 24.7 Å². The molecule has 0 amide bonds. The van der Waals surface area contributed by atoms with Gasteiger partial charge in [0.15, 0.2) is 0 Å². The first-order valence-corrected chi connectivity index (χ1v) is 6.29. The lowest BCUT2D eigenvalue weighted by Gasteiger charge is -2.37. The number of rotatable bonds is 5. The molecule has 94 valence electrons. The monoisotopic (exact) mass is 236 g/mol. The van der Waals surface area contributed by atoms with Gasteiger partial charge in [-0.15, -0.1) is 0 Å². The Morgan fingerprint density at radius 3 is 2.59 bits per heavy atom. The van der Waals surface area contributed by atoms with Crippen molar-refractivity contribution < 1.29 is 9.59 Å². The highest BCUT2D eigenvalue weighted by atomic mass is 16.1. The van der Waals surface area contributed by atoms with Crippen molar-refractivity contribution in [2.24, 2.45) is 27.7 Å². The summed E-state index contributed by atoms with van der Waals surface area (Å²) in [5, 5.41) is 0. The van der Waals surface area contributed by atoms with E-state index < -0.39 is 0 Å². The van der Waals surface area contributed by atoms with Crippen LogP contribution in [0.15, 0.2) is 9.98 Å². The molecule has 0 bridgehead atoms. The van der Waals surface area contributed by atoms with Gasteiger partial charge in [-0.1, -0.05) is 13.8 Å². The predicted octanol–water partition coefficient (Wildman–Crippen LogP) is 2.49. The maximum absolute atomic E-state index is 10.4. The molecule has 4 heteroatoms. The SMILES string of the molecule is CC1CC(C)C(CCCN=C=O)C(N=C=O)C1. The lowest BCUT2D eigenvalue weighted by molar-refractivity contribution is 0.164. The topological polar surface area (TPSA) is 58.9 Å². The Bertz CT molecular complexity index is 330. The highest BCUT2D eigenvalue weighted by Crippen LogP contribution is 2.37. The quantitative estimate of drug-likeness (QED) is 0.418. The van der Waals surface area contributed by atoms with Gasteiger partial charge in [0.05, 0.1) is 12.6 Å². The molecule has 0 aromatic carbocycles. The van der Waals surface area contributed by atoms with Crippen molar-refractivity contribution in [3.05, 3.63) is 0 Å². The summed E-state index contributed by atoms with van der Waals surface area (Å²) in [6.45, 7) is 4.95. The largest absolute Gasteiger partial charge is 0.235 e. The van der Waals surface area contributed by atoms with Gasteiger partial charge in [-0.3, -0.25) is 0 Å². The summed E-state index contributed by atoms with van der Waals surface area (Å²) in [5.74, 6) is 1.62. The minimum Gasteiger partial charge on any atom is -0.211 e. The van der Waals surface area contributed by atoms with Crippen molar-refractivity contribution in [1.82, 2.24) is 0 Å². The van der Waals surface area contributed by atoms with E-state index in [9.17, 15) is 9.59 Å². The summed E-state index contributed by atoms with van der Waals surface area (Å²) >= 11 is 0. The minimum absolute atomic E-state index is 0.103. The van der Waals surface area contributed by atoms with E-state index in [1.165, 1.54) is 6.42 Å². The molecule has 0 saturated heterocycles. The lowest BCUT2D eigenvalue weighted by Crippen LogP contribution is -2.33. The second-order valence-corrected chi connectivity index (χ2v) is 5.12. The maximum Gasteiger partial charge on any atom is 0.235 e. The molecule has 0 radical (unpaired) electrons. The molecular formula is C13H20N2O2. The zero-order valence-electron chi connectivity index (χ0n) is 10.6. The Morgan fingerprint density at radius 2 is 1.94 bits per heavy atom. The summed E-state index contributed by atoms with van der Waals surface area (Å²) < 4.78 is 0. The number of nitrogens with zero attached hydrogens (tertiary/aromatic N) is 2. The Balaban J connectivity index is 2.57. The third kappa shape index (κ3) is 4.26. The van der Waals surface area contributed by atoms with Crippen LogP contribution in [0.4, 0.5) is 0 Å². The maximum atomic E-state index is 10.4. The molecule has 1 saturated carbocycles. The van der Waals surface area contributed by atoms with E-state index in [2.05, 4.69) is 23.8 Å². The molecule has 0 spiro atoms. The van der Waals surface area contributed by atoms with Crippen LogP contribution in [-0.2, 0) is 9.59 Å². The van der Waals surface area contributed by atoms with Crippen molar-refractivity contribution in [3.63, 3.8) is 0 Å². The van der Waals surface area contributed by atoms with E-state index in [1.807, 2.05) is 0 Å². The van der Waals surface area contributed by atoms with Gasteiger partial charge >= 0.3 is 0 Å². The minimum atomic E-state index is 0.103. The zero-order chi connectivity index (χ0) is 12.7. The third-order valence-electron chi connectivity index (χ3n) is 3.73. The predicted molar refractivity (Wildman–Crippen MR) is 65.2 cm³/mol. The molecule has 1 rings (SSSR count). The van der Waals surface area contributed by atoms with E-state index in [1.54, 1.807) is 12.2 Å². The molecule has 0 aromatic heterocycles. The Kier molecular flexibility index (Phi) is 5.82. The van der Waals surface area contributed by atoms with E-state index in [0.717, 1.165) is 19.3 Å². The number of isocyanates is 2. The molecule has 0 aromatic rings. The molecule has 0 N–H and O–H groups in total. The molecule has 1 aliphatic rings. The summed E-state index contributed by atoms with van der Waals surface area (Å²) in [5.41, 5.74) is 0. The van der Waals surface area contributed by atoms with Gasteiger partial charge in [0, 0.05) is 0 Å². The van der Waals surface area contributed by atoms with E-state index in [4.69, 9.17) is 0 Å². The summed E-state index contributed by atoms with van der Waals surface area (Å²) in [6, 6.07) is 0.103. The second kappa shape index (κ2) is 7.16. The molecule has 17 heavy (non-hydrogen) atoms. The first-order valence-electron chi connectivity index (χ1n) is 6.29. The Labute approximate surface area is 102 Å². The van der Waals surface area contributed by atoms with E-state index >= 15 is 0 Å². The fourth-order valence-electron chi connectivity index (χ4n) is 3.02. The van der Waals surface area contributed by atoms with Crippen LogP contribution < -0.4 is 0 Å². The zero-order valence-corrected chi connectivity index (χ0v) is 10.6. The Morgan fingerprint density at radius 1 is 1.18 bits per heavy atom. The average molecular weight is 236 g/mol. The van der Waals surface area contributed by atoms with Gasteiger partial charge in [-0.2, -0.15) is 0 Å². The van der Waals surface area contributed by atoms with Crippen molar-refractivity contribution in [2.45, 2.75) is 45.6 Å². The van der Waals surface area contributed by atoms with Crippen LogP contribution in [0.3, 0.4) is 0 Å². The van der Waals surface area contributed by atoms with Gasteiger partial charge < -0.3 is 0 Å². The van der Waals surface area contributed by atoms with E-state index in [0.29, 0.717) is 24.3 Å². The third-order valence-corrected chi connectivity index (χ3v) is 3.73. The lowest BCUT2D eigenvalue weighted by atomic mass is 9.71. The fraction of sp³-hybridized carbons (Fsp3) is 0.846. The van der Waals surface area contributed by atoms with E-state index in [-0.39, 0.29) is 6.04 Å². The number of carbonyl (C=O) groups excluding carboxylic acids is 2. The van der Waals surface area contributed by atoms with Gasteiger partial charge in [-0.05, 0) is 43.4 Å². The van der Waals surface area contributed by atoms with Crippen LogP contribution in [0.2, 0.25) is 0 Å². The van der Waals surface area contributed by atoms with Gasteiger partial charge in [0.2, 0.25) is 12.2 Å². The van der Waals surface area contributed by atoms with Crippen molar-refractivity contribution in [3.8, 4) is 0 Å². The highest BCUT2D eigenvalue weighted by Gasteiger charge is 2.33. The van der Waals surface area contributed by atoms with Crippen LogP contribution in [0.1, 0.15) is 39.5 Å². The molecule has 4 nitrogen and oxygen atoms in total. The number of aliphatic imine (C=N–C) groups is 2. The summed E-state index contributed by atoms with van der Waals surface area (Å²) in [7, 11) is 0. The van der Waals surface area contributed by atoms with Crippen LogP contribution in [0.5, 0.6) is 0 Å². The first kappa shape index (κ1) is 13.8. The van der Waals surface area contributed by atoms with Crippen molar-refractivity contribution in [2.75, 3.05) is 6.54 Å². The molecule has 4 unspecified atom stereocenters. The molecule has 1 aliphatic carbocycles. The standard InChI is InChI=1S/C13H20N2O2/c1-10-6-11(2)12(4-3-5-14-8-16)13(7-10)15-9-17/h10-13H,3-7H2,1-2H3. The highest BCUT2D eigenvalue weighted by molar-refractivity contribution is 5.34. The van der Waals surface area contributed by atoms with Crippen LogP contribution in [0.25, 0.3) is 0 Å². The summed E-state index contributed by atoms with van der Waals surface area (Å²) in [4.78, 5) is 27.9. The van der Waals surface area contributed by atoms with Crippen LogP contribution in [0, 0.1) is 17.8 Å². The van der Waals surface area contributed by atoms with Gasteiger partial charge in [0.1, 0.15) is 0 Å². The molecule has 4 atom stereocenters. The Hall–Kier alpha value is -1.24. The summed E-state index contributed by atoms with van der Waals surface area (Å²) in [6.07, 6.45) is 7.24. The second-order valence-electron chi connectivity index (χ2n) is 5.12. The molecule has 0 aliphatic heterocycles. The molecule has 0 heterocycles. The first-order chi connectivity index (χ1) is 8.19. The average Bonchev–Trinajstić information content (AvgIpc) is 2.27. The smallest absolute Gasteiger partial charge is 0.211 e. The molecular weight excluding hydrogens is 216 g/mol. The normalized spacial score (nSPS) is 32.4. The van der Waals surface area contributed by atoms with Crippen molar-refractivity contribution in [1.29, 1.82) is 0 Å². The van der Waals surface area contributed by atoms with Crippen LogP contribution >= 0.6 is 0 Å². The van der Waals surface area contributed by atoms with Crippen molar-refractivity contribution >= 4 is 12.2 Å². The fourth-order valence-corrected chi connectivity index (χ4v) is 3.02. The van der Waals surface area contributed by atoms with Gasteiger partial charge in [0.25, 0.3) is 0 Å². The molecule has 1 fully saturated rings. The number of hydrogen-bond acceptors (Lipinski definition) is 4.